The van der Waals surface area contributed by atoms with Crippen LogP contribution in [0.15, 0.2) is 82.8 Å². The third-order valence-electron chi connectivity index (χ3n) is 6.76. The summed E-state index contributed by atoms with van der Waals surface area (Å²) in [5.41, 5.74) is 30.1. The molecule has 2 radical (unpaired) electrons. The predicted octanol–water partition coefficient (Wildman–Crippen LogP) is 7.08. The molecule has 0 bridgehead atoms. The van der Waals surface area contributed by atoms with Crippen LogP contribution in [-0.4, -0.2) is 75.6 Å². The first kappa shape index (κ1) is 46.0. The Morgan fingerprint density at radius 3 is 1.21 bits per heavy atom. The standard InChI is InChI=1S/2C17H22N2O.2Cu.2N3/c2*1-13(18-11-6-12-19(2)3)15-10-9-14-7-4-5-8-16(14)17(15)20;;;2*1-3-2/h2*4-5,7-10,20H,6,11-12H2,1-3H3;;;;/q;;2*+2;2*-1/p-2. The fourth-order valence-corrected chi connectivity index (χ4v) is 4.49. The first-order valence-electron chi connectivity index (χ1n) is 14.7. The Hall–Kier alpha value is -4.08. The minimum absolute atomic E-state index is 0. The number of aliphatic imine (C=N–C) groups is 2. The predicted molar refractivity (Wildman–Crippen MR) is 187 cm³/mol. The molecule has 4 aromatic rings. The molecule has 0 amide bonds. The summed E-state index contributed by atoms with van der Waals surface area (Å²) in [6, 6.07) is 23.1. The molecule has 262 valence electrons. The Morgan fingerprint density at radius 1 is 0.583 bits per heavy atom. The van der Waals surface area contributed by atoms with E-state index in [1.54, 1.807) is 0 Å². The molecule has 0 atom stereocenters. The van der Waals surface area contributed by atoms with Crippen LogP contribution in [0.25, 0.3) is 53.5 Å². The topological polar surface area (TPSA) is 195 Å². The largest absolute Gasteiger partial charge is 2.00 e. The van der Waals surface area contributed by atoms with Gasteiger partial charge in [0, 0.05) is 24.5 Å². The average Bonchev–Trinajstić information content (AvgIpc) is 3.03. The normalized spacial score (nSPS) is 10.6. The van der Waals surface area contributed by atoms with E-state index < -0.39 is 0 Å². The van der Waals surface area contributed by atoms with E-state index in [9.17, 15) is 10.2 Å². The smallest absolute Gasteiger partial charge is 0.872 e. The second-order valence-electron chi connectivity index (χ2n) is 10.8. The molecule has 12 nitrogen and oxygen atoms in total. The maximum Gasteiger partial charge on any atom is 2.00 e. The summed E-state index contributed by atoms with van der Waals surface area (Å²) in [6.07, 6.45) is 2.01. The molecule has 0 N–H and O–H groups in total. The molecule has 0 aliphatic rings. The maximum absolute atomic E-state index is 12.4. The van der Waals surface area contributed by atoms with E-state index in [4.69, 9.17) is 22.1 Å². The SMILES string of the molecule is CC(=NCCCN(C)C)c1ccc2ccccc2c1[O-].CC(=NCCCN(C)C)c1ccc2ccccc2c1[O-].[Cu+2].[Cu+2].[N-]=[N+]=[N-].[N-]=[N+]=[N-]. The Labute approximate surface area is 304 Å². The van der Waals surface area contributed by atoms with Crippen LogP contribution < -0.4 is 10.2 Å². The number of fused-ring (bicyclic) bond motifs is 2. The molecule has 0 fully saturated rings. The van der Waals surface area contributed by atoms with Gasteiger partial charge in [0.15, 0.2) is 0 Å². The third-order valence-corrected chi connectivity index (χ3v) is 6.76. The fourth-order valence-electron chi connectivity index (χ4n) is 4.49. The maximum atomic E-state index is 12.4. The van der Waals surface area contributed by atoms with Crippen LogP contribution in [0.3, 0.4) is 0 Å². The van der Waals surface area contributed by atoms with Gasteiger partial charge >= 0.3 is 34.1 Å². The monoisotopic (exact) mass is 748 g/mol. The van der Waals surface area contributed by atoms with Gasteiger partial charge in [-0.05, 0) is 101 Å². The van der Waals surface area contributed by atoms with Crippen LogP contribution in [0.4, 0.5) is 0 Å². The number of rotatable bonds is 10. The first-order valence-corrected chi connectivity index (χ1v) is 14.7. The van der Waals surface area contributed by atoms with Crippen molar-refractivity contribution >= 4 is 33.0 Å². The van der Waals surface area contributed by atoms with Gasteiger partial charge in [0.25, 0.3) is 0 Å². The minimum Gasteiger partial charge on any atom is -0.872 e. The molecule has 0 saturated carbocycles. The Balaban J connectivity index is 0. The average molecular weight is 750 g/mol. The molecule has 0 heterocycles. The molecule has 4 rings (SSSR count). The first-order chi connectivity index (χ1) is 22.0. The van der Waals surface area contributed by atoms with E-state index >= 15 is 0 Å². The van der Waals surface area contributed by atoms with E-state index in [0.29, 0.717) is 11.1 Å². The van der Waals surface area contributed by atoms with Crippen molar-refractivity contribution in [2.75, 3.05) is 54.4 Å². The van der Waals surface area contributed by atoms with E-state index in [-0.39, 0.29) is 45.6 Å². The van der Waals surface area contributed by atoms with Gasteiger partial charge in [-0.25, -0.2) is 0 Å². The summed E-state index contributed by atoms with van der Waals surface area (Å²) in [6.45, 7) is 7.38. The third kappa shape index (κ3) is 16.2. The van der Waals surface area contributed by atoms with Crippen molar-refractivity contribution in [1.29, 1.82) is 0 Å². The zero-order valence-electron chi connectivity index (χ0n) is 28.1. The summed E-state index contributed by atoms with van der Waals surface area (Å²) in [5, 5.41) is 28.4. The number of nitrogens with zero attached hydrogens (tertiary/aromatic N) is 10. The summed E-state index contributed by atoms with van der Waals surface area (Å²) in [4.78, 5) is 16.3. The molecular formula is C34H42Cu2N10O2. The molecule has 0 spiro atoms. The van der Waals surface area contributed by atoms with Gasteiger partial charge < -0.3 is 42.1 Å². The van der Waals surface area contributed by atoms with Crippen molar-refractivity contribution in [3.63, 3.8) is 0 Å². The van der Waals surface area contributed by atoms with Gasteiger partial charge in [0.05, 0.1) is 0 Å². The molecule has 48 heavy (non-hydrogen) atoms. The number of hydrogen-bond donors (Lipinski definition) is 0. The second-order valence-corrected chi connectivity index (χ2v) is 10.8. The van der Waals surface area contributed by atoms with Crippen molar-refractivity contribution in [3.8, 4) is 11.5 Å². The minimum atomic E-state index is 0. The summed E-state index contributed by atoms with van der Waals surface area (Å²) in [7, 11) is 8.20. The summed E-state index contributed by atoms with van der Waals surface area (Å²) >= 11 is 0. The molecule has 0 saturated heterocycles. The Morgan fingerprint density at radius 2 is 0.896 bits per heavy atom. The molecule has 0 unspecified atom stereocenters. The molecule has 4 aromatic carbocycles. The van der Waals surface area contributed by atoms with Crippen molar-refractivity contribution in [1.82, 2.24) is 9.80 Å². The molecule has 0 aromatic heterocycles. The summed E-state index contributed by atoms with van der Waals surface area (Å²) < 4.78 is 0. The van der Waals surface area contributed by atoms with E-state index in [1.807, 2.05) is 86.6 Å². The van der Waals surface area contributed by atoms with E-state index in [1.165, 1.54) is 9.82 Å². The van der Waals surface area contributed by atoms with Crippen LogP contribution in [0.2, 0.25) is 0 Å². The van der Waals surface area contributed by atoms with Crippen molar-refractivity contribution in [3.05, 3.63) is 116 Å². The number of benzene rings is 4. The molecule has 0 aliphatic carbocycles. The van der Waals surface area contributed by atoms with Gasteiger partial charge in [-0.15, -0.1) is 0 Å². The molecule has 0 aliphatic heterocycles. The van der Waals surface area contributed by atoms with Gasteiger partial charge in [-0.1, -0.05) is 84.3 Å². The van der Waals surface area contributed by atoms with Crippen LogP contribution in [0.1, 0.15) is 37.8 Å². The fraction of sp³-hybridized carbons (Fsp3) is 0.353. The van der Waals surface area contributed by atoms with Gasteiger partial charge in [-0.2, -0.15) is 0 Å². The molecular weight excluding hydrogens is 708 g/mol. The zero-order valence-corrected chi connectivity index (χ0v) is 29.9. The van der Waals surface area contributed by atoms with Crippen molar-refractivity contribution in [2.45, 2.75) is 26.7 Å². The van der Waals surface area contributed by atoms with E-state index in [0.717, 1.165) is 72.0 Å². The van der Waals surface area contributed by atoms with E-state index in [2.05, 4.69) is 48.0 Å². The van der Waals surface area contributed by atoms with Gasteiger partial charge in [0.1, 0.15) is 0 Å². The molecule has 14 heteroatoms. The van der Waals surface area contributed by atoms with Crippen molar-refractivity contribution < 1.29 is 44.4 Å². The van der Waals surface area contributed by atoms with Crippen LogP contribution in [0.5, 0.6) is 11.5 Å². The van der Waals surface area contributed by atoms with Crippen LogP contribution in [-0.2, 0) is 34.1 Å². The second kappa shape index (κ2) is 25.9. The van der Waals surface area contributed by atoms with Gasteiger partial charge in [-0.3, -0.25) is 19.8 Å². The Bertz CT molecular complexity index is 1540. The Kier molecular flexibility index (Phi) is 24.9. The quantitative estimate of drug-likeness (QED) is 0.0418. The van der Waals surface area contributed by atoms with Crippen LogP contribution >= 0.6 is 0 Å². The zero-order chi connectivity index (χ0) is 34.5. The van der Waals surface area contributed by atoms with Crippen molar-refractivity contribution in [2.24, 2.45) is 9.98 Å². The number of hydrogen-bond acceptors (Lipinski definition) is 6. The van der Waals surface area contributed by atoms with Gasteiger partial charge in [0.2, 0.25) is 0 Å². The van der Waals surface area contributed by atoms with Crippen LogP contribution in [0, 0.1) is 0 Å². The summed E-state index contributed by atoms with van der Waals surface area (Å²) in [5.74, 6) is 0.161.